The van der Waals surface area contributed by atoms with Gasteiger partial charge in [0.2, 0.25) is 0 Å². The largest absolute Gasteiger partial charge is 0.468 e. The zero-order valence-electron chi connectivity index (χ0n) is 14.0. The molecule has 0 aromatic heterocycles. The Labute approximate surface area is 132 Å². The third kappa shape index (κ3) is 7.61. The van der Waals surface area contributed by atoms with E-state index in [1.165, 1.54) is 7.11 Å². The minimum absolute atomic E-state index is 0.141. The topological polar surface area (TPSA) is 88.7 Å². The molecule has 1 heterocycles. The number of carbonyl (C=O) groups is 2. The quantitative estimate of drug-likeness (QED) is 0.624. The second-order valence-electron chi connectivity index (χ2n) is 6.58. The molecule has 1 fully saturated rings. The van der Waals surface area contributed by atoms with Crippen LogP contribution in [0.1, 0.15) is 33.6 Å². The molecule has 2 atom stereocenters. The Balaban J connectivity index is 2.39. The lowest BCUT2D eigenvalue weighted by Gasteiger charge is -2.26. The Bertz CT molecular complexity index is 362. The number of ether oxygens (including phenoxy) is 2. The number of nitrogens with one attached hydrogen (secondary N) is 3. The summed E-state index contributed by atoms with van der Waals surface area (Å²) >= 11 is 0. The smallest absolute Gasteiger partial charge is 0.407 e. The fourth-order valence-corrected chi connectivity index (χ4v) is 2.29. The summed E-state index contributed by atoms with van der Waals surface area (Å²) in [5, 5.41) is 9.11. The molecule has 1 saturated heterocycles. The van der Waals surface area contributed by atoms with Gasteiger partial charge in [-0.2, -0.15) is 0 Å². The number of amides is 1. The predicted octanol–water partition coefficient (Wildman–Crippen LogP) is 0.642. The van der Waals surface area contributed by atoms with Crippen LogP contribution in [0.3, 0.4) is 0 Å². The molecule has 1 aliphatic heterocycles. The first-order valence-electron chi connectivity index (χ1n) is 7.80. The molecule has 22 heavy (non-hydrogen) atoms. The average molecular weight is 315 g/mol. The van der Waals surface area contributed by atoms with Crippen LogP contribution >= 0.6 is 0 Å². The number of carbonyl (C=O) groups excluding carboxylic acids is 2. The van der Waals surface area contributed by atoms with Gasteiger partial charge in [0.1, 0.15) is 11.6 Å². The van der Waals surface area contributed by atoms with Crippen LogP contribution in [0.2, 0.25) is 0 Å². The van der Waals surface area contributed by atoms with Gasteiger partial charge in [-0.15, -0.1) is 0 Å². The highest BCUT2D eigenvalue weighted by molar-refractivity contribution is 5.77. The molecule has 0 aliphatic carbocycles. The Hall–Kier alpha value is -1.34. The number of esters is 1. The Kier molecular flexibility index (Phi) is 7.61. The zero-order valence-corrected chi connectivity index (χ0v) is 14.0. The van der Waals surface area contributed by atoms with Crippen LogP contribution in [0.15, 0.2) is 0 Å². The fourth-order valence-electron chi connectivity index (χ4n) is 2.29. The van der Waals surface area contributed by atoms with Crippen molar-refractivity contribution in [3.05, 3.63) is 0 Å². The van der Waals surface area contributed by atoms with E-state index in [0.717, 1.165) is 25.9 Å². The molecule has 7 nitrogen and oxygen atoms in total. The molecule has 1 rings (SSSR count). The second-order valence-corrected chi connectivity index (χ2v) is 6.58. The van der Waals surface area contributed by atoms with Crippen molar-refractivity contribution < 1.29 is 19.1 Å². The summed E-state index contributed by atoms with van der Waals surface area (Å²) in [6, 6.07) is -0.570. The fraction of sp³-hybridized carbons (Fsp3) is 0.867. The highest BCUT2D eigenvalue weighted by Gasteiger charge is 2.23. The molecule has 0 aromatic carbocycles. The van der Waals surface area contributed by atoms with Crippen LogP contribution < -0.4 is 16.0 Å². The summed E-state index contributed by atoms with van der Waals surface area (Å²) in [6.07, 6.45) is 1.74. The van der Waals surface area contributed by atoms with E-state index in [0.29, 0.717) is 12.5 Å². The van der Waals surface area contributed by atoms with Crippen LogP contribution in [-0.2, 0) is 14.3 Å². The zero-order chi connectivity index (χ0) is 16.6. The maximum Gasteiger partial charge on any atom is 0.407 e. The van der Waals surface area contributed by atoms with E-state index >= 15 is 0 Å². The number of alkyl carbamates (subject to hydrolysis) is 1. The minimum atomic E-state index is -0.570. The molecular weight excluding hydrogens is 286 g/mol. The van der Waals surface area contributed by atoms with Gasteiger partial charge in [0.15, 0.2) is 0 Å². The number of methoxy groups -OCH3 is 1. The first kappa shape index (κ1) is 18.7. The summed E-state index contributed by atoms with van der Waals surface area (Å²) in [5.41, 5.74) is -0.563. The Morgan fingerprint density at radius 1 is 1.36 bits per heavy atom. The van der Waals surface area contributed by atoms with Crippen molar-refractivity contribution in [1.82, 2.24) is 16.0 Å². The lowest BCUT2D eigenvalue weighted by molar-refractivity contribution is -0.143. The second kappa shape index (κ2) is 8.95. The van der Waals surface area contributed by atoms with Crippen molar-refractivity contribution in [1.29, 1.82) is 0 Å². The van der Waals surface area contributed by atoms with Gasteiger partial charge in [0.05, 0.1) is 7.11 Å². The summed E-state index contributed by atoms with van der Waals surface area (Å²) in [5.74, 6) is 0.0993. The number of hydrogen-bond donors (Lipinski definition) is 3. The van der Waals surface area contributed by atoms with Gasteiger partial charge in [0.25, 0.3) is 0 Å². The molecule has 1 amide bonds. The van der Waals surface area contributed by atoms with Crippen molar-refractivity contribution in [3.8, 4) is 0 Å². The standard InChI is InChI=1S/C15H29N3O4/c1-15(2,3)22-14(20)18-10-12(13(19)21-4)17-9-11-6-5-7-16-8-11/h11-12,16-17H,5-10H2,1-4H3,(H,18,20)/t11-,12+/m0/s1. The van der Waals surface area contributed by atoms with Gasteiger partial charge in [-0.1, -0.05) is 0 Å². The lowest BCUT2D eigenvalue weighted by Crippen LogP contribution is -2.50. The molecule has 1 aliphatic rings. The van der Waals surface area contributed by atoms with Gasteiger partial charge < -0.3 is 25.4 Å². The van der Waals surface area contributed by atoms with E-state index in [-0.39, 0.29) is 12.5 Å². The monoisotopic (exact) mass is 315 g/mol. The van der Waals surface area contributed by atoms with Crippen LogP contribution in [0.5, 0.6) is 0 Å². The molecular formula is C15H29N3O4. The van der Waals surface area contributed by atoms with Crippen molar-refractivity contribution in [2.45, 2.75) is 45.3 Å². The molecule has 0 aromatic rings. The maximum atomic E-state index is 11.8. The van der Waals surface area contributed by atoms with Crippen LogP contribution in [0.4, 0.5) is 4.79 Å². The first-order valence-corrected chi connectivity index (χ1v) is 7.80. The number of rotatable bonds is 6. The minimum Gasteiger partial charge on any atom is -0.468 e. The van der Waals surface area contributed by atoms with Crippen LogP contribution in [0, 0.1) is 5.92 Å². The van der Waals surface area contributed by atoms with Gasteiger partial charge >= 0.3 is 12.1 Å². The van der Waals surface area contributed by atoms with Gasteiger partial charge in [-0.05, 0) is 52.6 Å². The van der Waals surface area contributed by atoms with Gasteiger partial charge in [-0.3, -0.25) is 4.79 Å². The van der Waals surface area contributed by atoms with Crippen LogP contribution in [-0.4, -0.2) is 57.0 Å². The molecule has 0 bridgehead atoms. The van der Waals surface area contributed by atoms with E-state index in [1.54, 1.807) is 20.8 Å². The summed E-state index contributed by atoms with van der Waals surface area (Å²) in [6.45, 7) is 8.22. The number of piperidine rings is 1. The van der Waals surface area contributed by atoms with E-state index in [9.17, 15) is 9.59 Å². The van der Waals surface area contributed by atoms with Crippen molar-refractivity contribution >= 4 is 12.1 Å². The highest BCUT2D eigenvalue weighted by atomic mass is 16.6. The Morgan fingerprint density at radius 3 is 2.64 bits per heavy atom. The molecule has 0 saturated carbocycles. The molecule has 128 valence electrons. The summed E-state index contributed by atoms with van der Waals surface area (Å²) in [4.78, 5) is 23.4. The van der Waals surface area contributed by atoms with E-state index in [1.807, 2.05) is 0 Å². The van der Waals surface area contributed by atoms with Crippen molar-refractivity contribution in [3.63, 3.8) is 0 Å². The van der Waals surface area contributed by atoms with Gasteiger partial charge in [0, 0.05) is 13.1 Å². The van der Waals surface area contributed by atoms with Crippen molar-refractivity contribution in [2.24, 2.45) is 5.92 Å². The normalized spacial score (nSPS) is 20.1. The maximum absolute atomic E-state index is 11.8. The molecule has 0 radical (unpaired) electrons. The third-order valence-corrected chi connectivity index (χ3v) is 3.39. The molecule has 0 spiro atoms. The molecule has 0 unspecified atom stereocenters. The molecule has 3 N–H and O–H groups in total. The summed E-state index contributed by atoms with van der Waals surface area (Å²) in [7, 11) is 1.34. The number of hydrogen-bond acceptors (Lipinski definition) is 6. The third-order valence-electron chi connectivity index (χ3n) is 3.39. The van der Waals surface area contributed by atoms with E-state index in [2.05, 4.69) is 16.0 Å². The van der Waals surface area contributed by atoms with Crippen molar-refractivity contribution in [2.75, 3.05) is 33.3 Å². The van der Waals surface area contributed by atoms with E-state index in [4.69, 9.17) is 9.47 Å². The van der Waals surface area contributed by atoms with E-state index < -0.39 is 17.7 Å². The predicted molar refractivity (Wildman–Crippen MR) is 83.6 cm³/mol. The highest BCUT2D eigenvalue weighted by Crippen LogP contribution is 2.09. The summed E-state index contributed by atoms with van der Waals surface area (Å²) < 4.78 is 9.93. The van der Waals surface area contributed by atoms with Crippen LogP contribution in [0.25, 0.3) is 0 Å². The SMILES string of the molecule is COC(=O)[C@@H](CNC(=O)OC(C)(C)C)NC[C@H]1CCCNC1. The molecule has 7 heteroatoms. The van der Waals surface area contributed by atoms with Gasteiger partial charge in [-0.25, -0.2) is 4.79 Å². The Morgan fingerprint density at radius 2 is 2.09 bits per heavy atom. The average Bonchev–Trinajstić information content (AvgIpc) is 2.45. The first-order chi connectivity index (χ1) is 10.3. The lowest BCUT2D eigenvalue weighted by atomic mass is 9.99.